The van der Waals surface area contributed by atoms with Gasteiger partial charge in [0.25, 0.3) is 5.56 Å². The predicted octanol–water partition coefficient (Wildman–Crippen LogP) is 3.99. The van der Waals surface area contributed by atoms with Crippen molar-refractivity contribution in [2.45, 2.75) is 20.1 Å². The Bertz CT molecular complexity index is 1190. The van der Waals surface area contributed by atoms with Crippen LogP contribution in [0.3, 0.4) is 0 Å². The summed E-state index contributed by atoms with van der Waals surface area (Å²) < 4.78 is 1.23. The van der Waals surface area contributed by atoms with Crippen molar-refractivity contribution in [3.8, 4) is 0 Å². The number of aromatic nitrogens is 3. The highest BCUT2D eigenvalue weighted by Gasteiger charge is 2.14. The van der Waals surface area contributed by atoms with Gasteiger partial charge in [-0.1, -0.05) is 54.1 Å². The fourth-order valence-electron chi connectivity index (χ4n) is 3.07. The van der Waals surface area contributed by atoms with Gasteiger partial charge < -0.3 is 10.2 Å². The third kappa shape index (κ3) is 4.22. The molecule has 7 heteroatoms. The molecule has 0 spiro atoms. The smallest absolute Gasteiger partial charge is 0.287 e. The monoisotopic (exact) mass is 406 g/mol. The molecule has 2 heterocycles. The van der Waals surface area contributed by atoms with Crippen molar-refractivity contribution in [1.82, 2.24) is 14.7 Å². The molecule has 0 aliphatic carbocycles. The molecule has 0 saturated heterocycles. The summed E-state index contributed by atoms with van der Waals surface area (Å²) in [5.74, 6) is 0. The maximum atomic E-state index is 12.8. The molecule has 29 heavy (non-hydrogen) atoms. The number of anilines is 1. The summed E-state index contributed by atoms with van der Waals surface area (Å²) in [6.45, 7) is 2.68. The van der Waals surface area contributed by atoms with Crippen LogP contribution in [0.15, 0.2) is 71.8 Å². The number of fused-ring (bicyclic) bond motifs is 1. The Morgan fingerprint density at radius 2 is 1.79 bits per heavy atom. The number of halogens is 1. The lowest BCUT2D eigenvalue weighted by Crippen LogP contribution is -2.28. The molecular formula is C22H19ClN4O2. The van der Waals surface area contributed by atoms with Gasteiger partial charge in [0.05, 0.1) is 16.8 Å². The highest BCUT2D eigenvalue weighted by atomic mass is 35.5. The summed E-state index contributed by atoms with van der Waals surface area (Å²) in [6.07, 6.45) is 1.43. The van der Waals surface area contributed by atoms with Crippen molar-refractivity contribution in [1.29, 1.82) is 0 Å². The van der Waals surface area contributed by atoms with Crippen LogP contribution >= 0.6 is 11.6 Å². The summed E-state index contributed by atoms with van der Waals surface area (Å²) in [5, 5.41) is 4.74. The fourth-order valence-corrected chi connectivity index (χ4v) is 3.19. The average molecular weight is 407 g/mol. The summed E-state index contributed by atoms with van der Waals surface area (Å²) >= 11 is 5.94. The van der Waals surface area contributed by atoms with Gasteiger partial charge in [0.15, 0.2) is 5.65 Å². The zero-order valence-electron chi connectivity index (χ0n) is 15.8. The summed E-state index contributed by atoms with van der Waals surface area (Å²) in [5.41, 5.74) is 3.55. The Hall–Kier alpha value is -3.38. The summed E-state index contributed by atoms with van der Waals surface area (Å²) in [6, 6.07) is 18.7. The molecule has 0 bridgehead atoms. The van der Waals surface area contributed by atoms with E-state index in [0.29, 0.717) is 22.9 Å². The first-order valence-electron chi connectivity index (χ1n) is 9.15. The number of pyridine rings is 1. The van der Waals surface area contributed by atoms with E-state index in [9.17, 15) is 4.79 Å². The first-order chi connectivity index (χ1) is 14.1. The van der Waals surface area contributed by atoms with Gasteiger partial charge in [-0.25, -0.2) is 9.97 Å². The van der Waals surface area contributed by atoms with Crippen LogP contribution in [-0.4, -0.2) is 14.7 Å². The van der Waals surface area contributed by atoms with E-state index in [2.05, 4.69) is 15.3 Å². The summed E-state index contributed by atoms with van der Waals surface area (Å²) in [4.78, 5) is 27.2. The lowest BCUT2D eigenvalue weighted by atomic mass is 10.2. The SMILES string of the molecule is Cc1ncnc2c1c(NCc1ccc(Cl)cc1)cc(=O)n2OCc1ccccc1. The zero-order chi connectivity index (χ0) is 20.2. The van der Waals surface area contributed by atoms with Gasteiger partial charge >= 0.3 is 0 Å². The Labute approximate surface area is 172 Å². The maximum Gasteiger partial charge on any atom is 0.287 e. The normalized spacial score (nSPS) is 10.8. The fraction of sp³-hybridized carbons (Fsp3) is 0.136. The number of benzene rings is 2. The average Bonchev–Trinajstić information content (AvgIpc) is 2.73. The highest BCUT2D eigenvalue weighted by molar-refractivity contribution is 6.30. The van der Waals surface area contributed by atoms with E-state index in [0.717, 1.165) is 22.2 Å². The first-order valence-corrected chi connectivity index (χ1v) is 9.52. The van der Waals surface area contributed by atoms with Crippen LogP contribution in [0.1, 0.15) is 16.8 Å². The van der Waals surface area contributed by atoms with Crippen molar-refractivity contribution in [2.75, 3.05) is 5.32 Å². The minimum atomic E-state index is -0.301. The Morgan fingerprint density at radius 3 is 2.55 bits per heavy atom. The number of hydrogen-bond acceptors (Lipinski definition) is 5. The van der Waals surface area contributed by atoms with E-state index >= 15 is 0 Å². The predicted molar refractivity (Wildman–Crippen MR) is 114 cm³/mol. The van der Waals surface area contributed by atoms with Crippen molar-refractivity contribution in [3.63, 3.8) is 0 Å². The molecule has 0 amide bonds. The lowest BCUT2D eigenvalue weighted by molar-refractivity contribution is 0.0979. The van der Waals surface area contributed by atoms with Gasteiger partial charge in [0.1, 0.15) is 12.9 Å². The lowest BCUT2D eigenvalue weighted by Gasteiger charge is -2.15. The largest absolute Gasteiger partial charge is 0.404 e. The number of nitrogens with zero attached hydrogens (tertiary/aromatic N) is 3. The molecule has 0 radical (unpaired) electrons. The topological polar surface area (TPSA) is 69.0 Å². The Balaban J connectivity index is 1.67. The van der Waals surface area contributed by atoms with Crippen LogP contribution in [0.5, 0.6) is 0 Å². The zero-order valence-corrected chi connectivity index (χ0v) is 16.6. The van der Waals surface area contributed by atoms with E-state index in [1.165, 1.54) is 17.1 Å². The van der Waals surface area contributed by atoms with E-state index < -0.39 is 0 Å². The molecule has 4 rings (SSSR count). The molecule has 0 aliphatic rings. The second-order valence-corrected chi connectivity index (χ2v) is 7.02. The number of nitrogens with one attached hydrogen (secondary N) is 1. The van der Waals surface area contributed by atoms with Crippen molar-refractivity contribution in [2.24, 2.45) is 0 Å². The van der Waals surface area contributed by atoms with Gasteiger partial charge in [0.2, 0.25) is 0 Å². The van der Waals surface area contributed by atoms with Gasteiger partial charge in [-0.05, 0) is 30.2 Å². The Morgan fingerprint density at radius 1 is 1.03 bits per heavy atom. The van der Waals surface area contributed by atoms with E-state index in [-0.39, 0.29) is 12.2 Å². The molecule has 6 nitrogen and oxygen atoms in total. The molecule has 2 aromatic carbocycles. The molecule has 0 aliphatic heterocycles. The number of aryl methyl sites for hydroxylation is 1. The van der Waals surface area contributed by atoms with Crippen LogP contribution in [0.2, 0.25) is 5.02 Å². The molecule has 0 atom stereocenters. The molecule has 0 fully saturated rings. The standard InChI is InChI=1S/C22H19ClN4O2/c1-15-21-19(24-12-16-7-9-18(23)10-8-16)11-20(28)27(22(21)26-14-25-15)29-13-17-5-3-2-4-6-17/h2-11,14,24H,12-13H2,1H3. The van der Waals surface area contributed by atoms with E-state index in [1.807, 2.05) is 61.5 Å². The van der Waals surface area contributed by atoms with Crippen LogP contribution in [-0.2, 0) is 13.2 Å². The van der Waals surface area contributed by atoms with E-state index in [1.54, 1.807) is 0 Å². The quantitative estimate of drug-likeness (QED) is 0.524. The van der Waals surface area contributed by atoms with Crippen molar-refractivity contribution >= 4 is 28.3 Å². The van der Waals surface area contributed by atoms with Gasteiger partial charge in [-0.15, -0.1) is 4.73 Å². The van der Waals surface area contributed by atoms with Crippen LogP contribution in [0.4, 0.5) is 5.69 Å². The molecular weight excluding hydrogens is 388 g/mol. The third-order valence-electron chi connectivity index (χ3n) is 4.55. The van der Waals surface area contributed by atoms with Crippen LogP contribution in [0.25, 0.3) is 11.0 Å². The van der Waals surface area contributed by atoms with Crippen molar-refractivity contribution in [3.05, 3.63) is 99.2 Å². The summed E-state index contributed by atoms with van der Waals surface area (Å²) in [7, 11) is 0. The van der Waals surface area contributed by atoms with Crippen LogP contribution < -0.4 is 15.7 Å². The van der Waals surface area contributed by atoms with Gasteiger partial charge in [-0.2, -0.15) is 0 Å². The minimum Gasteiger partial charge on any atom is -0.404 e. The molecule has 2 aromatic heterocycles. The number of hydrogen-bond donors (Lipinski definition) is 1. The second-order valence-electron chi connectivity index (χ2n) is 6.59. The maximum absolute atomic E-state index is 12.8. The molecule has 0 saturated carbocycles. The first kappa shape index (κ1) is 19.0. The van der Waals surface area contributed by atoms with Gasteiger partial charge in [0, 0.05) is 17.6 Å². The number of rotatable bonds is 6. The van der Waals surface area contributed by atoms with Gasteiger partial charge in [-0.3, -0.25) is 4.79 Å². The molecule has 146 valence electrons. The Kier molecular flexibility index (Phi) is 5.44. The second kappa shape index (κ2) is 8.32. The van der Waals surface area contributed by atoms with E-state index in [4.69, 9.17) is 16.4 Å². The van der Waals surface area contributed by atoms with Crippen molar-refractivity contribution < 1.29 is 4.84 Å². The van der Waals surface area contributed by atoms with Crippen LogP contribution in [0, 0.1) is 6.92 Å². The molecule has 0 unspecified atom stereocenters. The molecule has 1 N–H and O–H groups in total. The highest BCUT2D eigenvalue weighted by Crippen LogP contribution is 2.23. The third-order valence-corrected chi connectivity index (χ3v) is 4.80. The molecule has 4 aromatic rings. The minimum absolute atomic E-state index is 0.260.